The van der Waals surface area contributed by atoms with Gasteiger partial charge in [-0.1, -0.05) is 13.8 Å². The van der Waals surface area contributed by atoms with Crippen molar-refractivity contribution in [1.82, 2.24) is 0 Å². The lowest BCUT2D eigenvalue weighted by Gasteiger charge is -2.60. The van der Waals surface area contributed by atoms with Gasteiger partial charge in [-0.3, -0.25) is 14.4 Å². The average Bonchev–Trinajstić information content (AvgIpc) is 3.36. The predicted octanol–water partition coefficient (Wildman–Crippen LogP) is 0.609. The van der Waals surface area contributed by atoms with Crippen LogP contribution in [0.5, 0.6) is 0 Å². The molecule has 5 bridgehead atoms. The average molecular weight is 434 g/mol. The molecule has 9 nitrogen and oxygen atoms in total. The number of esters is 2. The topological polar surface area (TPSA) is 129 Å². The molecule has 1 N–H and O–H groups in total. The van der Waals surface area contributed by atoms with Crippen LogP contribution in [-0.2, 0) is 38.1 Å². The number of aliphatic hydroxyl groups is 1. The number of fused-ring (bicyclic) bond motifs is 2. The number of hydrogen-bond acceptors (Lipinski definition) is 9. The van der Waals surface area contributed by atoms with Crippen molar-refractivity contribution in [1.29, 1.82) is 0 Å². The predicted molar refractivity (Wildman–Crippen MR) is 101 cm³/mol. The SMILES string of the molecule is CC(=O)O[C@H]1[C@@H]2[C@H]3O[C@H]3C(=O)[C@@](C)(O)C[C@H](C)C(=O)C3=C4O[C@]1(C)[C@@H](C)C[C@@]42OC3=O. The van der Waals surface area contributed by atoms with E-state index in [0.29, 0.717) is 6.42 Å². The van der Waals surface area contributed by atoms with Crippen LogP contribution in [-0.4, -0.2) is 63.7 Å². The molecular formula is C22H26O9. The van der Waals surface area contributed by atoms with Crippen molar-refractivity contribution in [2.45, 2.75) is 82.6 Å². The molecule has 0 aromatic heterocycles. The minimum absolute atomic E-state index is 0.145. The number of rotatable bonds is 1. The molecule has 0 unspecified atom stereocenters. The molecule has 1 saturated carbocycles. The largest absolute Gasteiger partial charge is 0.482 e. The Labute approximate surface area is 179 Å². The molecule has 0 aromatic carbocycles. The number of hydrogen-bond donors (Lipinski definition) is 1. The van der Waals surface area contributed by atoms with Gasteiger partial charge >= 0.3 is 11.9 Å². The van der Waals surface area contributed by atoms with Crippen LogP contribution in [0.3, 0.4) is 0 Å². The van der Waals surface area contributed by atoms with Gasteiger partial charge in [-0.25, -0.2) is 4.79 Å². The molecular weight excluding hydrogens is 408 g/mol. The highest BCUT2D eigenvalue weighted by Gasteiger charge is 2.78. The number of carbonyl (C=O) groups excluding carboxylic acids is 4. The molecule has 0 aromatic rings. The summed E-state index contributed by atoms with van der Waals surface area (Å²) in [6, 6.07) is 0. The van der Waals surface area contributed by atoms with E-state index < -0.39 is 70.5 Å². The van der Waals surface area contributed by atoms with Crippen LogP contribution in [0.2, 0.25) is 0 Å². The molecule has 4 heterocycles. The van der Waals surface area contributed by atoms with Gasteiger partial charge in [-0.15, -0.1) is 0 Å². The summed E-state index contributed by atoms with van der Waals surface area (Å²) in [5.74, 6) is -4.01. The zero-order valence-electron chi connectivity index (χ0n) is 18.1. The quantitative estimate of drug-likeness (QED) is 0.358. The van der Waals surface area contributed by atoms with Crippen LogP contribution < -0.4 is 0 Å². The van der Waals surface area contributed by atoms with E-state index in [1.54, 1.807) is 13.8 Å². The molecule has 2 aliphatic carbocycles. The minimum Gasteiger partial charge on any atom is -0.482 e. The normalized spacial score (nSPS) is 50.3. The Morgan fingerprint density at radius 1 is 1.13 bits per heavy atom. The molecule has 0 radical (unpaired) electrons. The number of ketones is 2. The highest BCUT2D eigenvalue weighted by Crippen LogP contribution is 2.64. The molecule has 3 saturated heterocycles. The smallest absolute Gasteiger partial charge is 0.346 e. The van der Waals surface area contributed by atoms with Gasteiger partial charge in [0.05, 0.1) is 5.92 Å². The van der Waals surface area contributed by atoms with Crippen LogP contribution in [0, 0.1) is 17.8 Å². The molecule has 9 heteroatoms. The first-order valence-electron chi connectivity index (χ1n) is 10.6. The summed E-state index contributed by atoms with van der Waals surface area (Å²) in [5.41, 5.74) is -4.41. The molecule has 1 spiro atoms. The highest BCUT2D eigenvalue weighted by atomic mass is 16.6. The first-order valence-corrected chi connectivity index (χ1v) is 10.6. The fraction of sp³-hybridized carbons (Fsp3) is 0.727. The van der Waals surface area contributed by atoms with Crippen molar-refractivity contribution < 1.29 is 43.2 Å². The van der Waals surface area contributed by atoms with Gasteiger partial charge in [-0.05, 0) is 20.3 Å². The fourth-order valence-electron chi connectivity index (χ4n) is 6.08. The first kappa shape index (κ1) is 20.6. The van der Waals surface area contributed by atoms with Crippen molar-refractivity contribution in [3.8, 4) is 0 Å². The Kier molecular flexibility index (Phi) is 3.96. The van der Waals surface area contributed by atoms with Crippen LogP contribution in [0.15, 0.2) is 11.3 Å². The maximum absolute atomic E-state index is 13.3. The van der Waals surface area contributed by atoms with Gasteiger partial charge in [0.15, 0.2) is 29.0 Å². The number of carbonyl (C=O) groups is 4. The molecule has 0 amide bonds. The van der Waals surface area contributed by atoms with E-state index in [1.165, 1.54) is 13.8 Å². The van der Waals surface area contributed by atoms with Gasteiger partial charge in [0.1, 0.15) is 29.0 Å². The highest BCUT2D eigenvalue weighted by molar-refractivity contribution is 6.20. The summed E-state index contributed by atoms with van der Waals surface area (Å²) in [7, 11) is 0. The Hall–Kier alpha value is -2.26. The lowest BCUT2D eigenvalue weighted by molar-refractivity contribution is -0.279. The second-order valence-electron chi connectivity index (χ2n) is 10.1. The van der Waals surface area contributed by atoms with Crippen LogP contribution in [0.4, 0.5) is 0 Å². The standard InChI is InChI=1S/C22H26O9/c1-8-6-20(4,27)16(25)15-14(29-15)12-18(28-10(3)23)21(5)9(2)7-22(12)17(30-21)11(13(8)24)19(26)31-22/h8-9,12,14-15,18,27H,6-7H2,1-5H3/t8-,9-,12-,14+,15+,18-,20-,21+,22-/m0/s1. The van der Waals surface area contributed by atoms with Crippen LogP contribution in [0.1, 0.15) is 47.5 Å². The van der Waals surface area contributed by atoms with Gasteiger partial charge in [0, 0.05) is 25.2 Å². The third-order valence-corrected chi connectivity index (χ3v) is 7.79. The molecule has 4 aliphatic heterocycles. The molecule has 31 heavy (non-hydrogen) atoms. The second kappa shape index (κ2) is 5.95. The van der Waals surface area contributed by atoms with E-state index in [4.69, 9.17) is 18.9 Å². The summed E-state index contributed by atoms with van der Waals surface area (Å²) in [6.07, 6.45) is -2.39. The minimum atomic E-state index is -1.81. The van der Waals surface area contributed by atoms with E-state index in [0.717, 1.165) is 0 Å². The van der Waals surface area contributed by atoms with Crippen molar-refractivity contribution >= 4 is 23.5 Å². The summed E-state index contributed by atoms with van der Waals surface area (Å²) in [5, 5.41) is 10.8. The van der Waals surface area contributed by atoms with Gasteiger partial charge in [0.2, 0.25) is 0 Å². The summed E-state index contributed by atoms with van der Waals surface area (Å²) in [6.45, 7) is 7.86. The number of Topliss-reactive ketones (excluding diaryl/α,β-unsaturated/α-hetero) is 2. The lowest BCUT2D eigenvalue weighted by Crippen LogP contribution is -2.71. The van der Waals surface area contributed by atoms with Gasteiger partial charge in [0.25, 0.3) is 0 Å². The van der Waals surface area contributed by atoms with Crippen molar-refractivity contribution in [3.05, 3.63) is 11.3 Å². The van der Waals surface area contributed by atoms with E-state index in [1.807, 2.05) is 6.92 Å². The molecule has 6 aliphatic rings. The maximum Gasteiger partial charge on any atom is 0.346 e. The second-order valence-corrected chi connectivity index (χ2v) is 10.1. The summed E-state index contributed by atoms with van der Waals surface area (Å²) < 4.78 is 23.6. The van der Waals surface area contributed by atoms with Crippen molar-refractivity contribution in [2.24, 2.45) is 17.8 Å². The zero-order valence-corrected chi connectivity index (χ0v) is 18.1. The van der Waals surface area contributed by atoms with Crippen molar-refractivity contribution in [2.75, 3.05) is 0 Å². The third-order valence-electron chi connectivity index (χ3n) is 7.79. The first-order chi connectivity index (χ1) is 14.3. The molecule has 168 valence electrons. The third kappa shape index (κ3) is 2.50. The Balaban J connectivity index is 1.74. The lowest BCUT2D eigenvalue weighted by atomic mass is 9.57. The van der Waals surface area contributed by atoms with Crippen molar-refractivity contribution in [3.63, 3.8) is 0 Å². The monoisotopic (exact) mass is 434 g/mol. The van der Waals surface area contributed by atoms with E-state index in [9.17, 15) is 24.3 Å². The summed E-state index contributed by atoms with van der Waals surface area (Å²) >= 11 is 0. The van der Waals surface area contributed by atoms with Crippen LogP contribution >= 0.6 is 0 Å². The van der Waals surface area contributed by atoms with E-state index >= 15 is 0 Å². The van der Waals surface area contributed by atoms with E-state index in [-0.39, 0.29) is 23.7 Å². The van der Waals surface area contributed by atoms with E-state index in [2.05, 4.69) is 0 Å². The van der Waals surface area contributed by atoms with Gasteiger partial charge < -0.3 is 24.1 Å². The Morgan fingerprint density at radius 2 is 1.81 bits per heavy atom. The van der Waals surface area contributed by atoms with Crippen LogP contribution in [0.25, 0.3) is 0 Å². The fourth-order valence-corrected chi connectivity index (χ4v) is 6.08. The maximum atomic E-state index is 13.3. The molecule has 9 atom stereocenters. The molecule has 6 rings (SSSR count). The Bertz CT molecular complexity index is 964. The summed E-state index contributed by atoms with van der Waals surface area (Å²) in [4.78, 5) is 51.3. The number of epoxide rings is 1. The zero-order chi connectivity index (χ0) is 22.7. The molecule has 4 fully saturated rings. The van der Waals surface area contributed by atoms with Gasteiger partial charge in [-0.2, -0.15) is 0 Å². The number of ether oxygens (including phenoxy) is 4. The Morgan fingerprint density at radius 3 is 2.45 bits per heavy atom.